The van der Waals surface area contributed by atoms with Gasteiger partial charge in [0, 0.05) is 12.8 Å². The van der Waals surface area contributed by atoms with E-state index in [0.717, 1.165) is 64.2 Å². The molecule has 0 fully saturated rings. The number of carbonyl (C=O) groups is 3. The summed E-state index contributed by atoms with van der Waals surface area (Å²) >= 11 is 0. The van der Waals surface area contributed by atoms with Crippen molar-refractivity contribution in [1.29, 1.82) is 0 Å². The van der Waals surface area contributed by atoms with Crippen LogP contribution >= 0.6 is 0 Å². The lowest BCUT2D eigenvalue weighted by atomic mass is 10.0. The number of hydrogen-bond donors (Lipinski definition) is 0. The van der Waals surface area contributed by atoms with Gasteiger partial charge in [0.05, 0.1) is 40.3 Å². The van der Waals surface area contributed by atoms with Crippen LogP contribution in [0.25, 0.3) is 0 Å². The number of hydrogen-bond acceptors (Lipinski definition) is 8. The van der Waals surface area contributed by atoms with Crippen molar-refractivity contribution in [3.8, 4) is 0 Å². The summed E-state index contributed by atoms with van der Waals surface area (Å²) in [6.07, 6.45) is 75.8. The Kier molecular flexibility index (Phi) is 58.7. The van der Waals surface area contributed by atoms with Crippen molar-refractivity contribution in [3.63, 3.8) is 0 Å². The molecule has 0 saturated carbocycles. The van der Waals surface area contributed by atoms with E-state index in [0.29, 0.717) is 23.9 Å². The number of aliphatic carboxylic acids is 1. The fourth-order valence-electron chi connectivity index (χ4n) is 9.68. The number of nitrogens with zero attached hydrogens (tertiary/aromatic N) is 1. The first-order valence-corrected chi connectivity index (χ1v) is 33.4. The number of rotatable bonds is 62. The third-order valence-electron chi connectivity index (χ3n) is 14.8. The van der Waals surface area contributed by atoms with Crippen LogP contribution in [0, 0.1) is 0 Å². The number of carbonyl (C=O) groups excluding carboxylic acids is 3. The standard InChI is InChI=1S/C70H127NO8/c1-6-8-10-12-14-16-18-20-22-24-26-28-30-31-32-33-34-35-36-37-39-41-43-45-47-49-51-53-55-57-59-61-68(73)79-66(65-78-70(69(74)75)76-63-62-71(3,4)5)64-77-67(72)60-58-56-54-52-50-48-46-44-42-40-38-29-27-25-23-21-19-17-15-13-11-9-7-2/h8,10,14,16,20,22,26,28,31-32,66,70H,6-7,9,11-13,15,17-19,21,23-25,27,29-30,33-65H2,1-5H3/b10-8-,16-14-,22-20-,28-26-,32-31-. The number of ether oxygens (including phenoxy) is 4. The summed E-state index contributed by atoms with van der Waals surface area (Å²) in [5.41, 5.74) is 0. The van der Waals surface area contributed by atoms with Crippen LogP contribution in [0.3, 0.4) is 0 Å². The molecule has 79 heavy (non-hydrogen) atoms. The summed E-state index contributed by atoms with van der Waals surface area (Å²) in [4.78, 5) is 37.4. The third-order valence-corrected chi connectivity index (χ3v) is 14.8. The summed E-state index contributed by atoms with van der Waals surface area (Å²) in [5, 5.41) is 11.8. The van der Waals surface area contributed by atoms with Crippen LogP contribution in [0.2, 0.25) is 0 Å². The van der Waals surface area contributed by atoms with Gasteiger partial charge in [-0.15, -0.1) is 0 Å². The normalized spacial score (nSPS) is 13.1. The summed E-state index contributed by atoms with van der Waals surface area (Å²) in [7, 11) is 5.94. The van der Waals surface area contributed by atoms with Gasteiger partial charge in [-0.1, -0.05) is 299 Å². The predicted octanol–water partition coefficient (Wildman–Crippen LogP) is 19.0. The van der Waals surface area contributed by atoms with Crippen LogP contribution in [0.1, 0.15) is 309 Å². The predicted molar refractivity (Wildman–Crippen MR) is 334 cm³/mol. The Hall–Kier alpha value is -3.01. The molecule has 0 radical (unpaired) electrons. The van der Waals surface area contributed by atoms with Gasteiger partial charge < -0.3 is 33.3 Å². The molecule has 2 atom stereocenters. The summed E-state index contributed by atoms with van der Waals surface area (Å²) in [6, 6.07) is 0. The Morgan fingerprint density at radius 1 is 0.392 bits per heavy atom. The van der Waals surface area contributed by atoms with Crippen LogP contribution < -0.4 is 5.11 Å². The van der Waals surface area contributed by atoms with Crippen molar-refractivity contribution < 1.29 is 42.9 Å². The molecule has 0 aromatic heterocycles. The molecule has 0 heterocycles. The highest BCUT2D eigenvalue weighted by atomic mass is 16.7. The first-order valence-electron chi connectivity index (χ1n) is 33.4. The van der Waals surface area contributed by atoms with Gasteiger partial charge in [0.2, 0.25) is 0 Å². The Balaban J connectivity index is 4.11. The molecular formula is C70H127NO8. The van der Waals surface area contributed by atoms with Gasteiger partial charge in [0.15, 0.2) is 12.4 Å². The van der Waals surface area contributed by atoms with Crippen LogP contribution in [-0.2, 0) is 33.3 Å². The Morgan fingerprint density at radius 2 is 0.722 bits per heavy atom. The van der Waals surface area contributed by atoms with Crippen LogP contribution in [0.15, 0.2) is 60.8 Å². The van der Waals surface area contributed by atoms with E-state index in [1.165, 1.54) is 212 Å². The number of quaternary nitrogens is 1. The van der Waals surface area contributed by atoms with Gasteiger partial charge >= 0.3 is 11.9 Å². The van der Waals surface area contributed by atoms with Crippen LogP contribution in [0.4, 0.5) is 0 Å². The van der Waals surface area contributed by atoms with Crippen LogP contribution in [0.5, 0.6) is 0 Å². The van der Waals surface area contributed by atoms with Gasteiger partial charge in [0.25, 0.3) is 0 Å². The lowest BCUT2D eigenvalue weighted by Crippen LogP contribution is -2.44. The summed E-state index contributed by atoms with van der Waals surface area (Å²) < 4.78 is 22.8. The minimum absolute atomic E-state index is 0.149. The molecule has 0 aliphatic carbocycles. The topological polar surface area (TPSA) is 111 Å². The smallest absolute Gasteiger partial charge is 0.306 e. The zero-order valence-corrected chi connectivity index (χ0v) is 52.5. The maximum absolute atomic E-state index is 12.9. The molecule has 0 amide bonds. The number of carboxylic acid groups (broad SMARTS) is 1. The second kappa shape index (κ2) is 61.1. The Morgan fingerprint density at radius 3 is 1.08 bits per heavy atom. The first kappa shape index (κ1) is 76.0. The molecule has 9 nitrogen and oxygen atoms in total. The average Bonchev–Trinajstić information content (AvgIpc) is 3.42. The SMILES string of the molecule is CC/C=C\C/C=C\C/C=C\C/C=C\C/C=C\CCCCCCCCCCCCCCCCCC(=O)OC(COC(=O)CCCCCCCCCCCCCCCCCCCCCCCCC)COC(OCC[N+](C)(C)C)C(=O)[O-]. The second-order valence-corrected chi connectivity index (χ2v) is 23.7. The molecule has 0 saturated heterocycles. The van der Waals surface area contributed by atoms with Gasteiger partial charge in [-0.25, -0.2) is 0 Å². The molecule has 0 bridgehead atoms. The number of likely N-dealkylation sites (N-methyl/N-ethyl adjacent to an activating group) is 1. The number of carboxylic acids is 1. The van der Waals surface area contributed by atoms with Gasteiger partial charge in [-0.3, -0.25) is 9.59 Å². The fourth-order valence-corrected chi connectivity index (χ4v) is 9.68. The summed E-state index contributed by atoms with van der Waals surface area (Å²) in [6.45, 7) is 4.69. The third kappa shape index (κ3) is 62.4. The van der Waals surface area contributed by atoms with E-state index >= 15 is 0 Å². The molecule has 0 N–H and O–H groups in total. The van der Waals surface area contributed by atoms with E-state index in [2.05, 4.69) is 74.6 Å². The lowest BCUT2D eigenvalue weighted by Gasteiger charge is -2.26. The van der Waals surface area contributed by atoms with E-state index in [-0.39, 0.29) is 32.2 Å². The quantitative estimate of drug-likeness (QED) is 0.0195. The molecule has 0 aliphatic heterocycles. The fraction of sp³-hybridized carbons (Fsp3) is 0.814. The van der Waals surface area contributed by atoms with Gasteiger partial charge in [-0.2, -0.15) is 0 Å². The van der Waals surface area contributed by atoms with Gasteiger partial charge in [0.1, 0.15) is 13.2 Å². The zero-order chi connectivity index (χ0) is 57.6. The van der Waals surface area contributed by atoms with Gasteiger partial charge in [-0.05, 0) is 57.8 Å². The van der Waals surface area contributed by atoms with Crippen LogP contribution in [-0.4, -0.2) is 82.3 Å². The monoisotopic (exact) mass is 1110 g/mol. The van der Waals surface area contributed by atoms with Crippen molar-refractivity contribution in [2.24, 2.45) is 0 Å². The maximum atomic E-state index is 12.9. The minimum atomic E-state index is -1.62. The molecule has 0 aromatic carbocycles. The van der Waals surface area contributed by atoms with E-state index in [1.54, 1.807) is 0 Å². The highest BCUT2D eigenvalue weighted by molar-refractivity contribution is 5.70. The molecule has 0 spiro atoms. The van der Waals surface area contributed by atoms with Crippen molar-refractivity contribution in [1.82, 2.24) is 0 Å². The first-order chi connectivity index (χ1) is 38.6. The van der Waals surface area contributed by atoms with Crippen molar-refractivity contribution >= 4 is 17.9 Å². The molecular weight excluding hydrogens is 983 g/mol. The Labute approximate surface area is 488 Å². The Bertz CT molecular complexity index is 1480. The molecule has 0 aromatic rings. The molecule has 0 aliphatic rings. The molecule has 460 valence electrons. The van der Waals surface area contributed by atoms with Crippen molar-refractivity contribution in [3.05, 3.63) is 60.8 Å². The van der Waals surface area contributed by atoms with Crippen molar-refractivity contribution in [2.75, 3.05) is 47.5 Å². The van der Waals surface area contributed by atoms with E-state index < -0.39 is 24.3 Å². The molecule has 9 heteroatoms. The maximum Gasteiger partial charge on any atom is 0.306 e. The number of allylic oxidation sites excluding steroid dienone is 10. The van der Waals surface area contributed by atoms with Crippen molar-refractivity contribution in [2.45, 2.75) is 322 Å². The average molecular weight is 1110 g/mol. The second-order valence-electron chi connectivity index (χ2n) is 23.7. The van der Waals surface area contributed by atoms with E-state index in [9.17, 15) is 19.5 Å². The summed E-state index contributed by atoms with van der Waals surface area (Å²) in [5.74, 6) is -2.26. The minimum Gasteiger partial charge on any atom is -0.545 e. The highest BCUT2D eigenvalue weighted by Gasteiger charge is 2.22. The highest BCUT2D eigenvalue weighted by Crippen LogP contribution is 2.18. The van der Waals surface area contributed by atoms with E-state index in [1.807, 2.05) is 21.1 Å². The van der Waals surface area contributed by atoms with E-state index in [4.69, 9.17) is 18.9 Å². The largest absolute Gasteiger partial charge is 0.545 e. The lowest BCUT2D eigenvalue weighted by molar-refractivity contribution is -0.870. The zero-order valence-electron chi connectivity index (χ0n) is 52.5. The number of unbranched alkanes of at least 4 members (excludes halogenated alkanes) is 37. The molecule has 0 rings (SSSR count). The number of esters is 2. The molecule has 2 unspecified atom stereocenters.